The summed E-state index contributed by atoms with van der Waals surface area (Å²) in [5.74, 6) is 0.787. The summed E-state index contributed by atoms with van der Waals surface area (Å²) in [5, 5.41) is 15.2. The van der Waals surface area contributed by atoms with Gasteiger partial charge in [0.05, 0.1) is 22.0 Å². The second-order valence-corrected chi connectivity index (χ2v) is 6.84. The standard InChI is InChI=1S/C13H23BrN2OS/c1-5-9(3)18-8-11(17)7-12-13(14)10(4)15-16(12)6-2/h9,11,17H,5-8H2,1-4H3. The molecule has 0 aliphatic carbocycles. The van der Waals surface area contributed by atoms with E-state index in [9.17, 15) is 5.11 Å². The molecule has 0 bridgehead atoms. The van der Waals surface area contributed by atoms with Gasteiger partial charge in [0.2, 0.25) is 0 Å². The van der Waals surface area contributed by atoms with Crippen molar-refractivity contribution in [1.29, 1.82) is 0 Å². The van der Waals surface area contributed by atoms with Crippen LogP contribution in [0.2, 0.25) is 0 Å². The van der Waals surface area contributed by atoms with Gasteiger partial charge in [-0.1, -0.05) is 13.8 Å². The Balaban J connectivity index is 2.61. The molecule has 1 aromatic rings. The van der Waals surface area contributed by atoms with Crippen molar-refractivity contribution < 1.29 is 5.11 Å². The maximum absolute atomic E-state index is 10.1. The molecule has 0 aliphatic heterocycles. The zero-order valence-electron chi connectivity index (χ0n) is 11.6. The second-order valence-electron chi connectivity index (χ2n) is 4.57. The fourth-order valence-electron chi connectivity index (χ4n) is 1.74. The van der Waals surface area contributed by atoms with Gasteiger partial charge in [-0.2, -0.15) is 16.9 Å². The lowest BCUT2D eigenvalue weighted by molar-refractivity contribution is 0.196. The fourth-order valence-corrected chi connectivity index (χ4v) is 3.09. The van der Waals surface area contributed by atoms with Crippen LogP contribution in [0, 0.1) is 6.92 Å². The van der Waals surface area contributed by atoms with E-state index in [0.29, 0.717) is 11.7 Å². The Morgan fingerprint density at radius 2 is 2.11 bits per heavy atom. The van der Waals surface area contributed by atoms with Crippen LogP contribution in [0.25, 0.3) is 0 Å². The molecule has 0 aromatic carbocycles. The Bertz CT molecular complexity index is 381. The van der Waals surface area contributed by atoms with Gasteiger partial charge in [-0.05, 0) is 36.2 Å². The third kappa shape index (κ3) is 4.28. The van der Waals surface area contributed by atoms with Gasteiger partial charge in [0, 0.05) is 24.0 Å². The van der Waals surface area contributed by atoms with Crippen LogP contribution in [-0.2, 0) is 13.0 Å². The summed E-state index contributed by atoms with van der Waals surface area (Å²) in [6, 6.07) is 0. The molecule has 0 saturated heterocycles. The molecule has 2 unspecified atom stereocenters. The zero-order valence-corrected chi connectivity index (χ0v) is 14.0. The molecule has 18 heavy (non-hydrogen) atoms. The van der Waals surface area contributed by atoms with Gasteiger partial charge in [-0.3, -0.25) is 4.68 Å². The molecule has 1 aromatic heterocycles. The van der Waals surface area contributed by atoms with Crippen molar-refractivity contribution in [2.24, 2.45) is 0 Å². The van der Waals surface area contributed by atoms with Crippen LogP contribution < -0.4 is 0 Å². The van der Waals surface area contributed by atoms with E-state index in [0.717, 1.165) is 34.6 Å². The molecular formula is C13H23BrN2OS. The van der Waals surface area contributed by atoms with Gasteiger partial charge in [-0.15, -0.1) is 0 Å². The predicted octanol–water partition coefficient (Wildman–Crippen LogP) is 3.41. The molecule has 0 spiro atoms. The van der Waals surface area contributed by atoms with Crippen LogP contribution in [0.15, 0.2) is 4.47 Å². The van der Waals surface area contributed by atoms with E-state index in [1.807, 2.05) is 23.4 Å². The maximum Gasteiger partial charge on any atom is 0.0738 e. The number of halogens is 1. The van der Waals surface area contributed by atoms with Crippen molar-refractivity contribution in [3.63, 3.8) is 0 Å². The van der Waals surface area contributed by atoms with Crippen LogP contribution >= 0.6 is 27.7 Å². The highest BCUT2D eigenvalue weighted by Crippen LogP contribution is 2.24. The van der Waals surface area contributed by atoms with E-state index in [2.05, 4.69) is 41.8 Å². The molecule has 1 rings (SSSR count). The number of aryl methyl sites for hydroxylation is 2. The SMILES string of the molecule is CCC(C)SCC(O)Cc1c(Br)c(C)nn1CC. The number of rotatable bonds is 7. The normalized spacial score (nSPS) is 14.8. The number of hydrogen-bond donors (Lipinski definition) is 1. The average molecular weight is 335 g/mol. The lowest BCUT2D eigenvalue weighted by Gasteiger charge is -2.14. The van der Waals surface area contributed by atoms with Crippen LogP contribution in [0.1, 0.15) is 38.6 Å². The van der Waals surface area contributed by atoms with Gasteiger partial charge in [-0.25, -0.2) is 0 Å². The van der Waals surface area contributed by atoms with Crippen LogP contribution in [0.3, 0.4) is 0 Å². The van der Waals surface area contributed by atoms with Crippen LogP contribution in [0.5, 0.6) is 0 Å². The summed E-state index contributed by atoms with van der Waals surface area (Å²) in [5.41, 5.74) is 2.10. The van der Waals surface area contributed by atoms with Crippen molar-refractivity contribution in [1.82, 2.24) is 9.78 Å². The zero-order chi connectivity index (χ0) is 13.7. The number of thioether (sulfide) groups is 1. The van der Waals surface area contributed by atoms with Crippen LogP contribution in [0.4, 0.5) is 0 Å². The Kier molecular flexibility index (Phi) is 6.74. The smallest absolute Gasteiger partial charge is 0.0738 e. The molecular weight excluding hydrogens is 312 g/mol. The van der Waals surface area contributed by atoms with E-state index >= 15 is 0 Å². The second kappa shape index (κ2) is 7.56. The number of hydrogen-bond acceptors (Lipinski definition) is 3. The van der Waals surface area contributed by atoms with E-state index < -0.39 is 0 Å². The third-order valence-corrected chi connectivity index (χ3v) is 5.54. The molecule has 0 aliphatic rings. The first-order valence-electron chi connectivity index (χ1n) is 6.50. The van der Waals surface area contributed by atoms with Crippen molar-refractivity contribution in [2.75, 3.05) is 5.75 Å². The lowest BCUT2D eigenvalue weighted by Crippen LogP contribution is -2.18. The summed E-state index contributed by atoms with van der Waals surface area (Å²) >= 11 is 5.40. The number of aromatic nitrogens is 2. The number of aliphatic hydroxyl groups is 1. The highest BCUT2D eigenvalue weighted by molar-refractivity contribution is 9.10. The Labute approximate surface area is 122 Å². The van der Waals surface area contributed by atoms with E-state index in [1.165, 1.54) is 0 Å². The topological polar surface area (TPSA) is 38.1 Å². The minimum atomic E-state index is -0.304. The van der Waals surface area contributed by atoms with Crippen molar-refractivity contribution >= 4 is 27.7 Å². The van der Waals surface area contributed by atoms with E-state index in [1.54, 1.807) is 0 Å². The van der Waals surface area contributed by atoms with E-state index in [-0.39, 0.29) is 6.10 Å². The molecule has 104 valence electrons. The van der Waals surface area contributed by atoms with Gasteiger partial charge >= 0.3 is 0 Å². The Morgan fingerprint density at radius 3 is 2.67 bits per heavy atom. The summed E-state index contributed by atoms with van der Waals surface area (Å²) in [4.78, 5) is 0. The quantitative estimate of drug-likeness (QED) is 0.830. The monoisotopic (exact) mass is 334 g/mol. The van der Waals surface area contributed by atoms with Crippen LogP contribution in [-0.4, -0.2) is 32.0 Å². The predicted molar refractivity (Wildman–Crippen MR) is 82.3 cm³/mol. The fraction of sp³-hybridized carbons (Fsp3) is 0.769. The highest BCUT2D eigenvalue weighted by Gasteiger charge is 2.16. The molecule has 1 heterocycles. The minimum Gasteiger partial charge on any atom is -0.392 e. The maximum atomic E-state index is 10.1. The van der Waals surface area contributed by atoms with E-state index in [4.69, 9.17) is 0 Å². The Hall–Kier alpha value is 0. The average Bonchev–Trinajstić information content (AvgIpc) is 2.63. The largest absolute Gasteiger partial charge is 0.392 e. The minimum absolute atomic E-state index is 0.304. The molecule has 0 amide bonds. The molecule has 5 heteroatoms. The van der Waals surface area contributed by atoms with Crippen molar-refractivity contribution in [3.05, 3.63) is 15.9 Å². The number of nitrogens with zero attached hydrogens (tertiary/aromatic N) is 2. The van der Waals surface area contributed by atoms with Gasteiger partial charge in [0.15, 0.2) is 0 Å². The van der Waals surface area contributed by atoms with Gasteiger partial charge in [0.1, 0.15) is 0 Å². The van der Waals surface area contributed by atoms with Gasteiger partial charge in [0.25, 0.3) is 0 Å². The summed E-state index contributed by atoms with van der Waals surface area (Å²) in [7, 11) is 0. The molecule has 2 atom stereocenters. The van der Waals surface area contributed by atoms with Gasteiger partial charge < -0.3 is 5.11 Å². The molecule has 0 radical (unpaired) electrons. The van der Waals surface area contributed by atoms with Crippen molar-refractivity contribution in [3.8, 4) is 0 Å². The molecule has 0 fully saturated rings. The first-order chi connectivity index (χ1) is 8.49. The Morgan fingerprint density at radius 1 is 1.44 bits per heavy atom. The molecule has 3 nitrogen and oxygen atoms in total. The molecule has 1 N–H and O–H groups in total. The molecule has 0 saturated carbocycles. The summed E-state index contributed by atoms with van der Waals surface area (Å²) in [6.07, 6.45) is 1.51. The first-order valence-corrected chi connectivity index (χ1v) is 8.35. The number of aliphatic hydroxyl groups excluding tert-OH is 1. The lowest BCUT2D eigenvalue weighted by atomic mass is 10.2. The summed E-state index contributed by atoms with van der Waals surface area (Å²) < 4.78 is 3.01. The third-order valence-electron chi connectivity index (χ3n) is 3.03. The first kappa shape index (κ1) is 16.1. The summed E-state index contributed by atoms with van der Waals surface area (Å²) in [6.45, 7) is 9.28. The van der Waals surface area contributed by atoms with Crippen molar-refractivity contribution in [2.45, 2.75) is 58.4 Å². The highest BCUT2D eigenvalue weighted by atomic mass is 79.9.